The summed E-state index contributed by atoms with van der Waals surface area (Å²) in [5.74, 6) is 1.14. The molecule has 1 N–H and O–H groups in total. The second-order valence-electron chi connectivity index (χ2n) is 7.78. The third-order valence-electron chi connectivity index (χ3n) is 4.78. The van der Waals surface area contributed by atoms with E-state index < -0.39 is 0 Å². The first-order valence-electron chi connectivity index (χ1n) is 8.26. The van der Waals surface area contributed by atoms with Gasteiger partial charge in [-0.2, -0.15) is 0 Å². The maximum atomic E-state index is 4.58. The van der Waals surface area contributed by atoms with Crippen molar-refractivity contribution < 1.29 is 0 Å². The molecule has 0 bridgehead atoms. The molecule has 118 valence electrons. The van der Waals surface area contributed by atoms with E-state index >= 15 is 0 Å². The monoisotopic (exact) mass is 289 g/mol. The van der Waals surface area contributed by atoms with E-state index in [0.29, 0.717) is 5.41 Å². The molecule has 0 saturated carbocycles. The van der Waals surface area contributed by atoms with Gasteiger partial charge in [0.05, 0.1) is 0 Å². The standard InChI is InChI=1S/C18H31N3/c1-6-18(5)8-11-21(12-9-18)16-13-15(7-10-19-16)14-20-17(2,3)4/h7,10,13,20H,6,8-9,11-12,14H2,1-5H3. The average molecular weight is 289 g/mol. The lowest BCUT2D eigenvalue weighted by molar-refractivity contribution is 0.238. The molecular weight excluding hydrogens is 258 g/mol. The van der Waals surface area contributed by atoms with Gasteiger partial charge in [-0.1, -0.05) is 20.3 Å². The molecule has 0 spiro atoms. The lowest BCUT2D eigenvalue weighted by atomic mass is 9.78. The zero-order chi connectivity index (χ0) is 15.5. The Morgan fingerprint density at radius 1 is 1.29 bits per heavy atom. The van der Waals surface area contributed by atoms with Crippen LogP contribution in [0.15, 0.2) is 18.3 Å². The van der Waals surface area contributed by atoms with Crippen molar-refractivity contribution in [3.05, 3.63) is 23.9 Å². The molecule has 3 heteroatoms. The molecule has 1 aliphatic heterocycles. The Balaban J connectivity index is 1.98. The summed E-state index contributed by atoms with van der Waals surface area (Å²) in [6.45, 7) is 14.5. The SMILES string of the molecule is CCC1(C)CCN(c2cc(CNC(C)(C)C)ccn2)CC1. The number of hydrogen-bond acceptors (Lipinski definition) is 3. The minimum Gasteiger partial charge on any atom is -0.357 e. The molecule has 21 heavy (non-hydrogen) atoms. The van der Waals surface area contributed by atoms with Gasteiger partial charge in [0.1, 0.15) is 5.82 Å². The molecule has 0 aromatic carbocycles. The quantitative estimate of drug-likeness (QED) is 0.908. The summed E-state index contributed by atoms with van der Waals surface area (Å²) < 4.78 is 0. The van der Waals surface area contributed by atoms with Gasteiger partial charge >= 0.3 is 0 Å². The molecule has 1 fully saturated rings. The highest BCUT2D eigenvalue weighted by molar-refractivity contribution is 5.41. The van der Waals surface area contributed by atoms with Gasteiger partial charge in [-0.3, -0.25) is 0 Å². The minimum absolute atomic E-state index is 0.150. The van der Waals surface area contributed by atoms with Crippen LogP contribution < -0.4 is 10.2 Å². The topological polar surface area (TPSA) is 28.2 Å². The van der Waals surface area contributed by atoms with E-state index in [2.05, 4.69) is 62.0 Å². The van der Waals surface area contributed by atoms with Gasteiger partial charge in [0, 0.05) is 31.4 Å². The summed E-state index contributed by atoms with van der Waals surface area (Å²) in [5, 5.41) is 3.54. The Bertz CT molecular complexity index is 454. The lowest BCUT2D eigenvalue weighted by Crippen LogP contribution is -2.39. The molecule has 0 unspecified atom stereocenters. The van der Waals surface area contributed by atoms with E-state index in [4.69, 9.17) is 0 Å². The van der Waals surface area contributed by atoms with Crippen LogP contribution in [-0.4, -0.2) is 23.6 Å². The van der Waals surface area contributed by atoms with E-state index in [1.54, 1.807) is 0 Å². The van der Waals surface area contributed by atoms with Gasteiger partial charge < -0.3 is 10.2 Å². The van der Waals surface area contributed by atoms with Crippen LogP contribution in [0.1, 0.15) is 59.4 Å². The number of nitrogens with zero attached hydrogens (tertiary/aromatic N) is 2. The van der Waals surface area contributed by atoms with Crippen molar-refractivity contribution in [2.75, 3.05) is 18.0 Å². The van der Waals surface area contributed by atoms with Crippen LogP contribution in [0, 0.1) is 5.41 Å². The van der Waals surface area contributed by atoms with Crippen LogP contribution >= 0.6 is 0 Å². The van der Waals surface area contributed by atoms with E-state index in [1.807, 2.05) is 6.20 Å². The highest BCUT2D eigenvalue weighted by Crippen LogP contribution is 2.35. The molecule has 1 aromatic rings. The minimum atomic E-state index is 0.150. The van der Waals surface area contributed by atoms with Crippen LogP contribution in [0.3, 0.4) is 0 Å². The number of pyridine rings is 1. The van der Waals surface area contributed by atoms with Crippen molar-refractivity contribution in [2.24, 2.45) is 5.41 Å². The Morgan fingerprint density at radius 2 is 1.95 bits per heavy atom. The van der Waals surface area contributed by atoms with Crippen molar-refractivity contribution in [1.29, 1.82) is 0 Å². The molecule has 2 heterocycles. The fraction of sp³-hybridized carbons (Fsp3) is 0.722. The van der Waals surface area contributed by atoms with Crippen LogP contribution in [0.4, 0.5) is 5.82 Å². The van der Waals surface area contributed by atoms with Crippen molar-refractivity contribution in [3.8, 4) is 0 Å². The zero-order valence-electron chi connectivity index (χ0n) is 14.4. The summed E-state index contributed by atoms with van der Waals surface area (Å²) in [5.41, 5.74) is 2.00. The second-order valence-corrected chi connectivity index (χ2v) is 7.78. The van der Waals surface area contributed by atoms with Crippen molar-refractivity contribution in [1.82, 2.24) is 10.3 Å². The van der Waals surface area contributed by atoms with E-state index in [1.165, 1.54) is 24.8 Å². The van der Waals surface area contributed by atoms with Crippen molar-refractivity contribution in [2.45, 2.75) is 66.0 Å². The number of hydrogen-bond donors (Lipinski definition) is 1. The third kappa shape index (κ3) is 4.70. The Labute approximate surface area is 130 Å². The largest absolute Gasteiger partial charge is 0.357 e. The lowest BCUT2D eigenvalue weighted by Gasteiger charge is -2.39. The molecule has 0 atom stereocenters. The molecular formula is C18H31N3. The fourth-order valence-electron chi connectivity index (χ4n) is 2.74. The van der Waals surface area contributed by atoms with Gasteiger partial charge in [0.2, 0.25) is 0 Å². The van der Waals surface area contributed by atoms with Gasteiger partial charge in [-0.15, -0.1) is 0 Å². The van der Waals surface area contributed by atoms with Gasteiger partial charge in [0.15, 0.2) is 0 Å². The number of aromatic nitrogens is 1. The summed E-state index contributed by atoms with van der Waals surface area (Å²) in [7, 11) is 0. The molecule has 3 nitrogen and oxygen atoms in total. The first-order valence-corrected chi connectivity index (χ1v) is 8.26. The fourth-order valence-corrected chi connectivity index (χ4v) is 2.74. The first-order chi connectivity index (χ1) is 9.81. The molecule has 2 rings (SSSR count). The highest BCUT2D eigenvalue weighted by Gasteiger charge is 2.28. The van der Waals surface area contributed by atoms with Crippen LogP contribution in [0.5, 0.6) is 0 Å². The smallest absolute Gasteiger partial charge is 0.128 e. The highest BCUT2D eigenvalue weighted by atomic mass is 15.2. The number of nitrogens with one attached hydrogen (secondary N) is 1. The summed E-state index contributed by atoms with van der Waals surface area (Å²) in [6.07, 6.45) is 5.78. The van der Waals surface area contributed by atoms with Gasteiger partial charge in [-0.25, -0.2) is 4.98 Å². The Morgan fingerprint density at radius 3 is 2.52 bits per heavy atom. The normalized spacial score (nSPS) is 18.8. The van der Waals surface area contributed by atoms with Gasteiger partial charge in [-0.05, 0) is 56.7 Å². The summed E-state index contributed by atoms with van der Waals surface area (Å²) >= 11 is 0. The van der Waals surface area contributed by atoms with Gasteiger partial charge in [0.25, 0.3) is 0 Å². The molecule has 0 amide bonds. The van der Waals surface area contributed by atoms with Crippen LogP contribution in [-0.2, 0) is 6.54 Å². The Hall–Kier alpha value is -1.09. The second kappa shape index (κ2) is 6.35. The first kappa shape index (κ1) is 16.3. The number of rotatable bonds is 4. The van der Waals surface area contributed by atoms with Crippen LogP contribution in [0.25, 0.3) is 0 Å². The van der Waals surface area contributed by atoms with Crippen molar-refractivity contribution in [3.63, 3.8) is 0 Å². The summed E-state index contributed by atoms with van der Waals surface area (Å²) in [6, 6.07) is 4.36. The molecule has 1 saturated heterocycles. The van der Waals surface area contributed by atoms with Crippen LogP contribution in [0.2, 0.25) is 0 Å². The number of anilines is 1. The predicted octanol–water partition coefficient (Wildman–Crippen LogP) is 3.99. The maximum Gasteiger partial charge on any atom is 0.128 e. The maximum absolute atomic E-state index is 4.58. The third-order valence-corrected chi connectivity index (χ3v) is 4.78. The average Bonchev–Trinajstić information content (AvgIpc) is 2.46. The predicted molar refractivity (Wildman–Crippen MR) is 90.7 cm³/mol. The molecule has 1 aliphatic rings. The number of piperidine rings is 1. The zero-order valence-corrected chi connectivity index (χ0v) is 14.4. The van der Waals surface area contributed by atoms with E-state index in [9.17, 15) is 0 Å². The van der Waals surface area contributed by atoms with E-state index in [0.717, 1.165) is 25.5 Å². The Kier molecular flexibility index (Phi) is 4.92. The van der Waals surface area contributed by atoms with Crippen molar-refractivity contribution >= 4 is 5.82 Å². The van der Waals surface area contributed by atoms with E-state index in [-0.39, 0.29) is 5.54 Å². The summed E-state index contributed by atoms with van der Waals surface area (Å²) in [4.78, 5) is 7.02. The molecule has 1 aromatic heterocycles. The molecule has 0 aliphatic carbocycles. The molecule has 0 radical (unpaired) electrons.